The molecule has 1 fully saturated rings. The van der Waals surface area contributed by atoms with Gasteiger partial charge in [-0.3, -0.25) is 9.52 Å². The lowest BCUT2D eigenvalue weighted by Gasteiger charge is -2.13. The minimum Gasteiger partial charge on any atom is -0.326 e. The number of halogens is 2. The summed E-state index contributed by atoms with van der Waals surface area (Å²) in [5, 5.41) is 2.80. The van der Waals surface area contributed by atoms with Crippen LogP contribution in [0.4, 0.5) is 11.5 Å². The standard InChI is InChI=1S/C16H16Br2N4O3S/c1-10-19-8-7-13(20-10)22-26(24,25)12-5-3-11(4-6-12)21-14(23)15(2)9-16(15,17)18/h3-8H,9H2,1-2H3,(H,21,23)(H,19,20,22)/t15-/m0/s1. The van der Waals surface area contributed by atoms with Crippen molar-refractivity contribution in [2.24, 2.45) is 5.41 Å². The number of carbonyl (C=O) groups excluding carboxylic acids is 1. The Morgan fingerprint density at radius 3 is 2.35 bits per heavy atom. The van der Waals surface area contributed by atoms with E-state index in [9.17, 15) is 13.2 Å². The van der Waals surface area contributed by atoms with Crippen molar-refractivity contribution in [3.8, 4) is 0 Å². The molecule has 26 heavy (non-hydrogen) atoms. The number of aryl methyl sites for hydroxylation is 1. The summed E-state index contributed by atoms with van der Waals surface area (Å²) >= 11 is 6.91. The third-order valence-electron chi connectivity index (χ3n) is 4.20. The van der Waals surface area contributed by atoms with E-state index in [0.717, 1.165) is 0 Å². The van der Waals surface area contributed by atoms with Crippen molar-refractivity contribution in [1.29, 1.82) is 0 Å². The first-order chi connectivity index (χ1) is 12.0. The highest BCUT2D eigenvalue weighted by Crippen LogP contribution is 2.66. The predicted molar refractivity (Wildman–Crippen MR) is 106 cm³/mol. The van der Waals surface area contributed by atoms with Crippen LogP contribution in [0.25, 0.3) is 0 Å². The van der Waals surface area contributed by atoms with E-state index in [-0.39, 0.29) is 19.9 Å². The smallest absolute Gasteiger partial charge is 0.263 e. The van der Waals surface area contributed by atoms with Gasteiger partial charge in [0.2, 0.25) is 5.91 Å². The summed E-state index contributed by atoms with van der Waals surface area (Å²) in [6.07, 6.45) is 2.14. The molecule has 10 heteroatoms. The average molecular weight is 504 g/mol. The van der Waals surface area contributed by atoms with Crippen molar-refractivity contribution >= 4 is 59.3 Å². The number of anilines is 2. The normalized spacial score (nSPS) is 21.1. The molecule has 1 saturated carbocycles. The minimum atomic E-state index is -3.78. The number of carbonyl (C=O) groups is 1. The van der Waals surface area contributed by atoms with Gasteiger partial charge in [-0.25, -0.2) is 18.4 Å². The Morgan fingerprint density at radius 2 is 1.81 bits per heavy atom. The van der Waals surface area contributed by atoms with Crippen molar-refractivity contribution < 1.29 is 13.2 Å². The number of alkyl halides is 2. The molecule has 2 aromatic rings. The maximum atomic E-state index is 12.4. The second-order valence-electron chi connectivity index (χ2n) is 6.29. The molecule has 7 nitrogen and oxygen atoms in total. The number of nitrogens with zero attached hydrogens (tertiary/aromatic N) is 2. The molecule has 0 bridgehead atoms. The molecule has 0 spiro atoms. The highest BCUT2D eigenvalue weighted by Gasteiger charge is 2.66. The van der Waals surface area contributed by atoms with E-state index in [1.807, 2.05) is 6.92 Å². The number of sulfonamides is 1. The van der Waals surface area contributed by atoms with Gasteiger partial charge < -0.3 is 5.32 Å². The minimum absolute atomic E-state index is 0.0692. The molecule has 1 aromatic carbocycles. The largest absolute Gasteiger partial charge is 0.326 e. The number of aromatic nitrogens is 2. The Kier molecular flexibility index (Phi) is 4.87. The molecule has 1 aromatic heterocycles. The van der Waals surface area contributed by atoms with E-state index < -0.39 is 15.4 Å². The second-order valence-corrected chi connectivity index (χ2v) is 11.7. The molecule has 1 atom stereocenters. The van der Waals surface area contributed by atoms with E-state index in [2.05, 4.69) is 51.9 Å². The number of hydrogen-bond donors (Lipinski definition) is 2. The average Bonchev–Trinajstić information content (AvgIpc) is 3.07. The lowest BCUT2D eigenvalue weighted by Crippen LogP contribution is -2.25. The zero-order chi connectivity index (χ0) is 19.2. The van der Waals surface area contributed by atoms with Crippen LogP contribution in [0, 0.1) is 12.3 Å². The summed E-state index contributed by atoms with van der Waals surface area (Å²) in [7, 11) is -3.78. The van der Waals surface area contributed by atoms with Gasteiger partial charge >= 0.3 is 0 Å². The predicted octanol–water partition coefficient (Wildman–Crippen LogP) is 3.42. The van der Waals surface area contributed by atoms with Gasteiger partial charge in [-0.15, -0.1) is 0 Å². The van der Waals surface area contributed by atoms with Crippen LogP contribution in [0.15, 0.2) is 41.4 Å². The first-order valence-corrected chi connectivity index (χ1v) is 10.7. The fourth-order valence-corrected chi connectivity index (χ4v) is 4.83. The third-order valence-corrected chi connectivity index (χ3v) is 7.88. The lowest BCUT2D eigenvalue weighted by atomic mass is 10.1. The molecule has 1 amide bonds. The molecule has 0 aliphatic heterocycles. The van der Waals surface area contributed by atoms with Crippen LogP contribution in [0.5, 0.6) is 0 Å². The van der Waals surface area contributed by atoms with Gasteiger partial charge in [0, 0.05) is 11.9 Å². The number of amides is 1. The van der Waals surface area contributed by atoms with Gasteiger partial charge in [-0.1, -0.05) is 31.9 Å². The van der Waals surface area contributed by atoms with Crippen LogP contribution in [0.2, 0.25) is 0 Å². The van der Waals surface area contributed by atoms with Crippen molar-refractivity contribution in [1.82, 2.24) is 9.97 Å². The van der Waals surface area contributed by atoms with Crippen molar-refractivity contribution in [2.45, 2.75) is 28.4 Å². The highest BCUT2D eigenvalue weighted by molar-refractivity contribution is 9.25. The number of benzene rings is 1. The van der Waals surface area contributed by atoms with E-state index in [4.69, 9.17) is 0 Å². The summed E-state index contributed by atoms with van der Waals surface area (Å²) in [5.41, 5.74) is -0.0276. The van der Waals surface area contributed by atoms with Gasteiger partial charge in [-0.2, -0.15) is 0 Å². The molecular formula is C16H16Br2N4O3S. The molecule has 1 aliphatic rings. The monoisotopic (exact) mass is 502 g/mol. The van der Waals surface area contributed by atoms with E-state index in [1.54, 1.807) is 19.1 Å². The molecule has 1 heterocycles. The zero-order valence-corrected chi connectivity index (χ0v) is 17.9. The Balaban J connectivity index is 1.72. The first kappa shape index (κ1) is 19.2. The molecule has 0 unspecified atom stereocenters. The Labute approximate surface area is 168 Å². The fourth-order valence-electron chi connectivity index (χ4n) is 2.34. The molecule has 2 N–H and O–H groups in total. The van der Waals surface area contributed by atoms with Crippen molar-refractivity contribution in [3.63, 3.8) is 0 Å². The van der Waals surface area contributed by atoms with Gasteiger partial charge in [-0.05, 0) is 50.6 Å². The number of rotatable bonds is 5. The fraction of sp³-hybridized carbons (Fsp3) is 0.312. The summed E-state index contributed by atoms with van der Waals surface area (Å²) in [4.78, 5) is 20.4. The van der Waals surface area contributed by atoms with Gasteiger partial charge in [0.25, 0.3) is 10.0 Å². The van der Waals surface area contributed by atoms with Gasteiger partial charge in [0.1, 0.15) is 11.6 Å². The SMILES string of the molecule is Cc1nccc(NS(=O)(=O)c2ccc(NC(=O)[C@]3(C)CC3(Br)Br)cc2)n1. The molecule has 0 radical (unpaired) electrons. The summed E-state index contributed by atoms with van der Waals surface area (Å²) in [6.45, 7) is 3.52. The van der Waals surface area contributed by atoms with E-state index in [1.165, 1.54) is 24.4 Å². The van der Waals surface area contributed by atoms with Crippen LogP contribution in [-0.4, -0.2) is 27.5 Å². The van der Waals surface area contributed by atoms with Crippen LogP contribution < -0.4 is 10.0 Å². The van der Waals surface area contributed by atoms with E-state index in [0.29, 0.717) is 17.9 Å². The maximum absolute atomic E-state index is 12.4. The van der Waals surface area contributed by atoms with E-state index >= 15 is 0 Å². The van der Waals surface area contributed by atoms with Crippen molar-refractivity contribution in [3.05, 3.63) is 42.4 Å². The highest BCUT2D eigenvalue weighted by atomic mass is 79.9. The van der Waals surface area contributed by atoms with Gasteiger partial charge in [0.05, 0.1) is 13.5 Å². The topological polar surface area (TPSA) is 101 Å². The second kappa shape index (κ2) is 6.58. The Bertz CT molecular complexity index is 964. The Morgan fingerprint density at radius 1 is 1.19 bits per heavy atom. The Hall–Kier alpha value is -1.52. The quantitative estimate of drug-likeness (QED) is 0.609. The number of nitrogens with one attached hydrogen (secondary N) is 2. The molecular weight excluding hydrogens is 488 g/mol. The zero-order valence-electron chi connectivity index (χ0n) is 14.0. The maximum Gasteiger partial charge on any atom is 0.263 e. The molecule has 138 valence electrons. The summed E-state index contributed by atoms with van der Waals surface area (Å²) in [6, 6.07) is 7.43. The van der Waals surface area contributed by atoms with Crippen molar-refractivity contribution in [2.75, 3.05) is 10.0 Å². The molecule has 0 saturated heterocycles. The van der Waals surface area contributed by atoms with Crippen LogP contribution in [0.1, 0.15) is 19.2 Å². The van der Waals surface area contributed by atoms with Crippen LogP contribution in [0.3, 0.4) is 0 Å². The lowest BCUT2D eigenvalue weighted by molar-refractivity contribution is -0.120. The van der Waals surface area contributed by atoms with Crippen LogP contribution >= 0.6 is 31.9 Å². The first-order valence-electron chi connectivity index (χ1n) is 7.65. The number of hydrogen-bond acceptors (Lipinski definition) is 5. The van der Waals surface area contributed by atoms with Crippen LogP contribution in [-0.2, 0) is 14.8 Å². The summed E-state index contributed by atoms with van der Waals surface area (Å²) < 4.78 is 26.9. The van der Waals surface area contributed by atoms with Gasteiger partial charge in [0.15, 0.2) is 0 Å². The third kappa shape index (κ3) is 3.77. The summed E-state index contributed by atoms with van der Waals surface area (Å²) in [5.74, 6) is 0.519. The molecule has 1 aliphatic carbocycles. The molecule has 3 rings (SSSR count).